The number of rotatable bonds is 8. The Labute approximate surface area is 186 Å². The SMILES string of the molecule is CCCCc1ccc(NC(=O)Cn2nc3ccc(SC4CCCCC4)nn3c2=O)cc1. The highest BCUT2D eigenvalue weighted by molar-refractivity contribution is 7.99. The van der Waals surface area contributed by atoms with Gasteiger partial charge in [-0.2, -0.15) is 9.61 Å². The van der Waals surface area contributed by atoms with E-state index in [1.165, 1.54) is 46.9 Å². The number of benzene rings is 1. The van der Waals surface area contributed by atoms with Crippen LogP contribution in [-0.2, 0) is 17.8 Å². The third kappa shape index (κ3) is 5.55. The molecule has 4 rings (SSSR count). The van der Waals surface area contributed by atoms with E-state index in [1.807, 2.05) is 30.3 Å². The number of anilines is 1. The summed E-state index contributed by atoms with van der Waals surface area (Å²) < 4.78 is 2.46. The lowest BCUT2D eigenvalue weighted by molar-refractivity contribution is -0.117. The molecule has 2 aromatic heterocycles. The fourth-order valence-corrected chi connectivity index (χ4v) is 5.07. The van der Waals surface area contributed by atoms with E-state index in [-0.39, 0.29) is 12.5 Å². The summed E-state index contributed by atoms with van der Waals surface area (Å²) in [6, 6.07) is 11.5. The van der Waals surface area contributed by atoms with Gasteiger partial charge in [-0.3, -0.25) is 4.79 Å². The molecule has 0 radical (unpaired) electrons. The van der Waals surface area contributed by atoms with E-state index in [2.05, 4.69) is 22.4 Å². The van der Waals surface area contributed by atoms with Crippen LogP contribution in [0.1, 0.15) is 57.4 Å². The molecular formula is C23H29N5O2S. The van der Waals surface area contributed by atoms with Crippen LogP contribution >= 0.6 is 11.8 Å². The predicted octanol–water partition coefficient (Wildman–Crippen LogP) is 4.30. The molecule has 1 aliphatic carbocycles. The fourth-order valence-electron chi connectivity index (χ4n) is 3.88. The van der Waals surface area contributed by atoms with Gasteiger partial charge in [-0.1, -0.05) is 44.7 Å². The van der Waals surface area contributed by atoms with E-state index in [0.717, 1.165) is 24.3 Å². The van der Waals surface area contributed by atoms with Crippen molar-refractivity contribution in [3.63, 3.8) is 0 Å². The van der Waals surface area contributed by atoms with Crippen LogP contribution in [0.4, 0.5) is 5.69 Å². The molecule has 1 saturated carbocycles. The van der Waals surface area contributed by atoms with Gasteiger partial charge in [0.2, 0.25) is 5.91 Å². The van der Waals surface area contributed by atoms with Crippen molar-refractivity contribution in [2.45, 2.75) is 75.1 Å². The lowest BCUT2D eigenvalue weighted by Gasteiger charge is -2.20. The first-order valence-electron chi connectivity index (χ1n) is 11.1. The van der Waals surface area contributed by atoms with Gasteiger partial charge >= 0.3 is 5.69 Å². The fraction of sp³-hybridized carbons (Fsp3) is 0.478. The largest absolute Gasteiger partial charge is 0.367 e. The molecule has 7 nitrogen and oxygen atoms in total. The number of nitrogens with one attached hydrogen (secondary N) is 1. The highest BCUT2D eigenvalue weighted by atomic mass is 32.2. The predicted molar refractivity (Wildman–Crippen MR) is 124 cm³/mol. The molecule has 8 heteroatoms. The summed E-state index contributed by atoms with van der Waals surface area (Å²) in [6.07, 6.45) is 9.55. The van der Waals surface area contributed by atoms with E-state index in [1.54, 1.807) is 17.8 Å². The number of aryl methyl sites for hydroxylation is 1. The molecule has 0 aliphatic heterocycles. The zero-order chi connectivity index (χ0) is 21.6. The van der Waals surface area contributed by atoms with Crippen molar-refractivity contribution in [1.29, 1.82) is 0 Å². The molecule has 164 valence electrons. The number of unbranched alkanes of at least 4 members (excludes halogenated alkanes) is 1. The Balaban J connectivity index is 1.41. The summed E-state index contributed by atoms with van der Waals surface area (Å²) in [6.45, 7) is 2.02. The Morgan fingerprint density at radius 3 is 2.61 bits per heavy atom. The lowest BCUT2D eigenvalue weighted by Crippen LogP contribution is -2.28. The first kappa shape index (κ1) is 21.6. The molecule has 0 unspecified atom stereocenters. The minimum absolute atomic E-state index is 0.148. The van der Waals surface area contributed by atoms with E-state index in [4.69, 9.17) is 0 Å². The normalized spacial score (nSPS) is 14.7. The molecule has 1 N–H and O–H groups in total. The second kappa shape index (κ2) is 10.1. The summed E-state index contributed by atoms with van der Waals surface area (Å²) in [5.74, 6) is -0.288. The van der Waals surface area contributed by atoms with Crippen molar-refractivity contribution in [1.82, 2.24) is 19.4 Å². The van der Waals surface area contributed by atoms with Crippen molar-refractivity contribution >= 4 is 29.0 Å². The molecule has 1 amide bonds. The molecule has 3 aromatic rings. The summed E-state index contributed by atoms with van der Waals surface area (Å²) in [7, 11) is 0. The first-order valence-corrected chi connectivity index (χ1v) is 12.0. The topological polar surface area (TPSA) is 81.3 Å². The van der Waals surface area contributed by atoms with Gasteiger partial charge in [0.15, 0.2) is 5.65 Å². The van der Waals surface area contributed by atoms with Crippen LogP contribution in [-0.4, -0.2) is 30.6 Å². The second-order valence-electron chi connectivity index (χ2n) is 8.11. The zero-order valence-electron chi connectivity index (χ0n) is 17.9. The number of hydrogen-bond acceptors (Lipinski definition) is 5. The van der Waals surface area contributed by atoms with Gasteiger partial charge in [-0.05, 0) is 55.5 Å². The molecule has 1 fully saturated rings. The Morgan fingerprint density at radius 2 is 1.87 bits per heavy atom. The average Bonchev–Trinajstić information content (AvgIpc) is 3.09. The van der Waals surface area contributed by atoms with Crippen LogP contribution in [0.5, 0.6) is 0 Å². The Hall–Kier alpha value is -2.61. The van der Waals surface area contributed by atoms with Gasteiger partial charge in [0.25, 0.3) is 0 Å². The number of carbonyl (C=O) groups excluding carboxylic acids is 1. The minimum Gasteiger partial charge on any atom is -0.324 e. The number of aromatic nitrogens is 4. The summed E-state index contributed by atoms with van der Waals surface area (Å²) >= 11 is 1.73. The van der Waals surface area contributed by atoms with Crippen molar-refractivity contribution in [2.24, 2.45) is 0 Å². The Morgan fingerprint density at radius 1 is 1.10 bits per heavy atom. The lowest BCUT2D eigenvalue weighted by atomic mass is 10.0. The molecule has 1 aromatic carbocycles. The van der Waals surface area contributed by atoms with E-state index >= 15 is 0 Å². The number of hydrogen-bond donors (Lipinski definition) is 1. The van der Waals surface area contributed by atoms with Crippen LogP contribution < -0.4 is 11.0 Å². The van der Waals surface area contributed by atoms with Gasteiger partial charge in [-0.15, -0.1) is 16.9 Å². The van der Waals surface area contributed by atoms with E-state index in [0.29, 0.717) is 16.6 Å². The average molecular weight is 440 g/mol. The number of carbonyl (C=O) groups is 1. The van der Waals surface area contributed by atoms with Crippen molar-refractivity contribution in [3.8, 4) is 0 Å². The molecule has 0 bridgehead atoms. The molecule has 0 saturated heterocycles. The highest BCUT2D eigenvalue weighted by Gasteiger charge is 2.17. The van der Waals surface area contributed by atoms with Crippen molar-refractivity contribution in [3.05, 3.63) is 52.4 Å². The summed E-state index contributed by atoms with van der Waals surface area (Å²) in [5, 5.41) is 13.0. The minimum atomic E-state index is -0.397. The van der Waals surface area contributed by atoms with Gasteiger partial charge in [0.05, 0.1) is 0 Å². The molecule has 31 heavy (non-hydrogen) atoms. The van der Waals surface area contributed by atoms with Crippen LogP contribution in [0.15, 0.2) is 46.2 Å². The standard InChI is InChI=1S/C23H29N5O2S/c1-2-3-7-17-10-12-18(13-11-17)24-21(29)16-27-23(30)28-20(25-27)14-15-22(26-28)31-19-8-5-4-6-9-19/h10-15,19H,2-9,16H2,1H3,(H,24,29). The number of amides is 1. The maximum absolute atomic E-state index is 12.7. The molecule has 1 aliphatic rings. The number of fused-ring (bicyclic) bond motifs is 1. The molecule has 0 spiro atoms. The van der Waals surface area contributed by atoms with Crippen molar-refractivity contribution < 1.29 is 4.79 Å². The summed E-state index contributed by atoms with van der Waals surface area (Å²) in [5.41, 5.74) is 2.02. The quantitative estimate of drug-likeness (QED) is 0.566. The molecule has 0 atom stereocenters. The number of nitrogens with zero attached hydrogens (tertiary/aromatic N) is 4. The highest BCUT2D eigenvalue weighted by Crippen LogP contribution is 2.32. The second-order valence-corrected chi connectivity index (χ2v) is 9.43. The Bertz CT molecular complexity index is 1080. The van der Waals surface area contributed by atoms with Gasteiger partial charge in [0, 0.05) is 10.9 Å². The monoisotopic (exact) mass is 439 g/mol. The van der Waals surface area contributed by atoms with Crippen LogP contribution in [0.3, 0.4) is 0 Å². The molecule has 2 heterocycles. The Kier molecular flexibility index (Phi) is 7.06. The third-order valence-electron chi connectivity index (χ3n) is 5.61. The van der Waals surface area contributed by atoms with Crippen LogP contribution in [0, 0.1) is 0 Å². The number of thioether (sulfide) groups is 1. The van der Waals surface area contributed by atoms with E-state index in [9.17, 15) is 9.59 Å². The van der Waals surface area contributed by atoms with Gasteiger partial charge < -0.3 is 5.32 Å². The van der Waals surface area contributed by atoms with Crippen LogP contribution in [0.25, 0.3) is 5.65 Å². The smallest absolute Gasteiger partial charge is 0.324 e. The first-order chi connectivity index (χ1) is 15.1. The third-order valence-corrected chi connectivity index (χ3v) is 6.87. The maximum Gasteiger partial charge on any atom is 0.367 e. The van der Waals surface area contributed by atoms with Gasteiger partial charge in [-0.25, -0.2) is 9.48 Å². The van der Waals surface area contributed by atoms with E-state index < -0.39 is 5.69 Å². The molecular weight excluding hydrogens is 410 g/mol. The summed E-state index contributed by atoms with van der Waals surface area (Å²) in [4.78, 5) is 25.2. The van der Waals surface area contributed by atoms with Crippen LogP contribution in [0.2, 0.25) is 0 Å². The maximum atomic E-state index is 12.7. The zero-order valence-corrected chi connectivity index (χ0v) is 18.7. The van der Waals surface area contributed by atoms with Crippen molar-refractivity contribution in [2.75, 3.05) is 5.32 Å². The van der Waals surface area contributed by atoms with Gasteiger partial charge in [0.1, 0.15) is 11.6 Å².